The van der Waals surface area contributed by atoms with Gasteiger partial charge in [-0.15, -0.1) is 0 Å². The number of nitrogens with one attached hydrogen (secondary N) is 2. The number of rotatable bonds is 3. The molecule has 1 aromatic heterocycles. The summed E-state index contributed by atoms with van der Waals surface area (Å²) in [6, 6.07) is 8.06. The van der Waals surface area contributed by atoms with Crippen molar-refractivity contribution in [3.8, 4) is 0 Å². The van der Waals surface area contributed by atoms with Gasteiger partial charge in [-0.05, 0) is 31.2 Å². The van der Waals surface area contributed by atoms with Gasteiger partial charge >= 0.3 is 6.03 Å². The molecular weight excluding hydrogens is 264 g/mol. The van der Waals surface area contributed by atoms with Crippen molar-refractivity contribution < 1.29 is 13.6 Å². The highest BCUT2D eigenvalue weighted by Crippen LogP contribution is 2.17. The maximum absolute atomic E-state index is 13.3. The van der Waals surface area contributed by atoms with Crippen LogP contribution in [0, 0.1) is 18.6 Å². The average Bonchev–Trinajstić information content (AvgIpc) is 2.41. The standard InChI is InChI=1S/C14H13F2N3O/c1-9-4-2-5-10(18-9)8-17-14(20)19-13-11(15)6-3-7-12(13)16/h2-7H,8H2,1H3,(H2,17,19,20). The van der Waals surface area contributed by atoms with Crippen LogP contribution in [0.3, 0.4) is 0 Å². The van der Waals surface area contributed by atoms with Gasteiger partial charge in [0.05, 0.1) is 12.2 Å². The van der Waals surface area contributed by atoms with E-state index in [1.807, 2.05) is 19.1 Å². The predicted octanol–water partition coefficient (Wildman–Crippen LogP) is 2.99. The molecule has 0 aliphatic heterocycles. The molecule has 0 atom stereocenters. The summed E-state index contributed by atoms with van der Waals surface area (Å²) in [6.45, 7) is 2.00. The molecule has 0 fully saturated rings. The number of urea groups is 1. The van der Waals surface area contributed by atoms with Crippen molar-refractivity contribution in [2.45, 2.75) is 13.5 Å². The Labute approximate surface area is 114 Å². The van der Waals surface area contributed by atoms with Crippen molar-refractivity contribution in [2.75, 3.05) is 5.32 Å². The largest absolute Gasteiger partial charge is 0.332 e. The van der Waals surface area contributed by atoms with Crippen LogP contribution in [0.5, 0.6) is 0 Å². The molecule has 0 unspecified atom stereocenters. The van der Waals surface area contributed by atoms with Gasteiger partial charge in [0.2, 0.25) is 0 Å². The Balaban J connectivity index is 1.96. The highest BCUT2D eigenvalue weighted by atomic mass is 19.1. The van der Waals surface area contributed by atoms with Crippen LogP contribution in [-0.4, -0.2) is 11.0 Å². The Hall–Kier alpha value is -2.50. The second kappa shape index (κ2) is 6.10. The van der Waals surface area contributed by atoms with Crippen molar-refractivity contribution >= 4 is 11.7 Å². The van der Waals surface area contributed by atoms with Crippen LogP contribution in [0.2, 0.25) is 0 Å². The number of carbonyl (C=O) groups is 1. The number of aromatic nitrogens is 1. The maximum Gasteiger partial charge on any atom is 0.319 e. The number of anilines is 1. The summed E-state index contributed by atoms with van der Waals surface area (Å²) < 4.78 is 26.7. The van der Waals surface area contributed by atoms with Gasteiger partial charge in [0.15, 0.2) is 0 Å². The molecule has 2 N–H and O–H groups in total. The second-order valence-corrected chi connectivity index (χ2v) is 4.17. The van der Waals surface area contributed by atoms with Crippen molar-refractivity contribution in [1.29, 1.82) is 0 Å². The molecule has 104 valence electrons. The molecule has 2 rings (SSSR count). The lowest BCUT2D eigenvalue weighted by molar-refractivity contribution is 0.251. The Kier molecular flexibility index (Phi) is 4.24. The van der Waals surface area contributed by atoms with E-state index in [1.54, 1.807) is 6.07 Å². The summed E-state index contributed by atoms with van der Waals surface area (Å²) in [5, 5.41) is 4.62. The Bertz CT molecular complexity index is 611. The van der Waals surface area contributed by atoms with E-state index in [1.165, 1.54) is 6.07 Å². The minimum atomic E-state index is -0.825. The van der Waals surface area contributed by atoms with Crippen LogP contribution in [0.25, 0.3) is 0 Å². The quantitative estimate of drug-likeness (QED) is 0.906. The lowest BCUT2D eigenvalue weighted by Gasteiger charge is -2.09. The predicted molar refractivity (Wildman–Crippen MR) is 71.2 cm³/mol. The summed E-state index contributed by atoms with van der Waals surface area (Å²) in [5.74, 6) is -1.65. The first-order valence-electron chi connectivity index (χ1n) is 5.97. The van der Waals surface area contributed by atoms with E-state index in [-0.39, 0.29) is 6.54 Å². The molecule has 2 amide bonds. The zero-order valence-electron chi connectivity index (χ0n) is 10.8. The number of benzene rings is 1. The maximum atomic E-state index is 13.3. The Morgan fingerprint density at radius 3 is 2.45 bits per heavy atom. The molecule has 0 aliphatic carbocycles. The van der Waals surface area contributed by atoms with Crippen LogP contribution in [0.15, 0.2) is 36.4 Å². The van der Waals surface area contributed by atoms with Crippen LogP contribution >= 0.6 is 0 Å². The van der Waals surface area contributed by atoms with Gasteiger partial charge in [-0.1, -0.05) is 12.1 Å². The van der Waals surface area contributed by atoms with Gasteiger partial charge in [0, 0.05) is 5.69 Å². The van der Waals surface area contributed by atoms with Crippen molar-refractivity contribution in [3.05, 3.63) is 59.4 Å². The first kappa shape index (κ1) is 13.9. The SMILES string of the molecule is Cc1cccc(CNC(=O)Nc2c(F)cccc2F)n1. The van der Waals surface area contributed by atoms with E-state index in [0.29, 0.717) is 5.69 Å². The molecule has 4 nitrogen and oxygen atoms in total. The van der Waals surface area contributed by atoms with Gasteiger partial charge in [-0.3, -0.25) is 4.98 Å². The van der Waals surface area contributed by atoms with Crippen LogP contribution < -0.4 is 10.6 Å². The fourth-order valence-corrected chi connectivity index (χ4v) is 1.64. The molecule has 1 aromatic carbocycles. The van der Waals surface area contributed by atoms with E-state index in [2.05, 4.69) is 15.6 Å². The smallest absolute Gasteiger partial charge is 0.319 e. The van der Waals surface area contributed by atoms with Gasteiger partial charge < -0.3 is 10.6 Å². The van der Waals surface area contributed by atoms with Gasteiger partial charge in [-0.25, -0.2) is 13.6 Å². The van der Waals surface area contributed by atoms with E-state index in [4.69, 9.17) is 0 Å². The summed E-state index contributed by atoms with van der Waals surface area (Å²) >= 11 is 0. The first-order valence-corrected chi connectivity index (χ1v) is 5.97. The number of pyridine rings is 1. The number of nitrogens with zero attached hydrogens (tertiary/aromatic N) is 1. The van der Waals surface area contributed by atoms with E-state index < -0.39 is 23.4 Å². The first-order chi connectivity index (χ1) is 9.56. The molecule has 0 saturated heterocycles. The fraction of sp³-hybridized carbons (Fsp3) is 0.143. The topological polar surface area (TPSA) is 54.0 Å². The molecule has 20 heavy (non-hydrogen) atoms. The highest BCUT2D eigenvalue weighted by Gasteiger charge is 2.11. The van der Waals surface area contributed by atoms with Crippen molar-refractivity contribution in [2.24, 2.45) is 0 Å². The zero-order valence-corrected chi connectivity index (χ0v) is 10.8. The summed E-state index contributed by atoms with van der Waals surface area (Å²) in [5.41, 5.74) is 1.02. The molecule has 0 spiro atoms. The molecule has 0 bridgehead atoms. The molecule has 1 heterocycles. The number of hydrogen-bond donors (Lipinski definition) is 2. The normalized spacial score (nSPS) is 10.2. The monoisotopic (exact) mass is 277 g/mol. The minimum Gasteiger partial charge on any atom is -0.332 e. The molecule has 6 heteroatoms. The summed E-state index contributed by atoms with van der Waals surface area (Å²) in [6.07, 6.45) is 0. The molecule has 2 aromatic rings. The lowest BCUT2D eigenvalue weighted by Crippen LogP contribution is -2.29. The number of aryl methyl sites for hydroxylation is 1. The molecule has 0 aliphatic rings. The minimum absolute atomic E-state index is 0.170. The van der Waals surface area contributed by atoms with Crippen LogP contribution in [0.4, 0.5) is 19.3 Å². The molecule has 0 saturated carbocycles. The Morgan fingerprint density at radius 2 is 1.80 bits per heavy atom. The third kappa shape index (κ3) is 3.50. The third-order valence-electron chi connectivity index (χ3n) is 2.58. The Morgan fingerprint density at radius 1 is 1.15 bits per heavy atom. The number of amides is 2. The number of para-hydroxylation sites is 1. The van der Waals surface area contributed by atoms with Crippen LogP contribution in [-0.2, 0) is 6.54 Å². The third-order valence-corrected chi connectivity index (χ3v) is 2.58. The van der Waals surface area contributed by atoms with E-state index in [0.717, 1.165) is 17.8 Å². The number of carbonyl (C=O) groups excluding carboxylic acids is 1. The van der Waals surface area contributed by atoms with Crippen molar-refractivity contribution in [3.63, 3.8) is 0 Å². The van der Waals surface area contributed by atoms with Gasteiger partial charge in [0.1, 0.15) is 17.3 Å². The number of halogens is 2. The fourth-order valence-electron chi connectivity index (χ4n) is 1.64. The second-order valence-electron chi connectivity index (χ2n) is 4.17. The lowest BCUT2D eigenvalue weighted by atomic mass is 10.3. The van der Waals surface area contributed by atoms with E-state index >= 15 is 0 Å². The van der Waals surface area contributed by atoms with Crippen LogP contribution in [0.1, 0.15) is 11.4 Å². The van der Waals surface area contributed by atoms with Gasteiger partial charge in [-0.2, -0.15) is 0 Å². The zero-order chi connectivity index (χ0) is 14.5. The summed E-state index contributed by atoms with van der Waals surface area (Å²) in [4.78, 5) is 15.8. The van der Waals surface area contributed by atoms with E-state index in [9.17, 15) is 13.6 Å². The van der Waals surface area contributed by atoms with Crippen molar-refractivity contribution in [1.82, 2.24) is 10.3 Å². The molecular formula is C14H13F2N3O. The highest BCUT2D eigenvalue weighted by molar-refractivity contribution is 5.89. The average molecular weight is 277 g/mol. The number of hydrogen-bond acceptors (Lipinski definition) is 2. The van der Waals surface area contributed by atoms with Gasteiger partial charge in [0.25, 0.3) is 0 Å². The summed E-state index contributed by atoms with van der Waals surface area (Å²) in [7, 11) is 0. The molecule has 0 radical (unpaired) electrons.